The third-order valence-corrected chi connectivity index (χ3v) is 3.19. The van der Waals surface area contributed by atoms with Gasteiger partial charge in [-0.25, -0.2) is 0 Å². The molecule has 0 aromatic heterocycles. The summed E-state index contributed by atoms with van der Waals surface area (Å²) in [5.74, 6) is -0.257. The number of carbonyl (C=O) groups excluding carboxylic acids is 2. The van der Waals surface area contributed by atoms with Crippen LogP contribution in [-0.2, 0) is 20.9 Å². The number of hydrogen-bond donors (Lipinski definition) is 1. The average Bonchev–Trinajstić information content (AvgIpc) is 2.58. The van der Waals surface area contributed by atoms with Gasteiger partial charge in [-0.2, -0.15) is 0 Å². The molecule has 0 saturated carbocycles. The summed E-state index contributed by atoms with van der Waals surface area (Å²) in [5, 5.41) is 2.47. The zero-order valence-corrected chi connectivity index (χ0v) is 13.0. The maximum absolute atomic E-state index is 11.6. The molecule has 0 saturated heterocycles. The van der Waals surface area contributed by atoms with Gasteiger partial charge in [-0.15, -0.1) is 0 Å². The normalized spacial score (nSPS) is 9.96. The van der Waals surface area contributed by atoms with Crippen LogP contribution < -0.4 is 10.1 Å². The molecular formula is C18H19NO4. The van der Waals surface area contributed by atoms with Gasteiger partial charge in [0.05, 0.1) is 0 Å². The van der Waals surface area contributed by atoms with Gasteiger partial charge in [0.15, 0.2) is 6.61 Å². The molecule has 23 heavy (non-hydrogen) atoms. The maximum Gasteiger partial charge on any atom is 0.325 e. The topological polar surface area (TPSA) is 64.6 Å². The molecule has 2 aromatic rings. The van der Waals surface area contributed by atoms with Gasteiger partial charge in [0.2, 0.25) is 0 Å². The Kier molecular flexibility index (Phi) is 6.17. The van der Waals surface area contributed by atoms with Gasteiger partial charge in [0.25, 0.3) is 5.91 Å². The van der Waals surface area contributed by atoms with Gasteiger partial charge >= 0.3 is 5.97 Å². The number of esters is 1. The van der Waals surface area contributed by atoms with Crippen LogP contribution in [0.2, 0.25) is 0 Å². The van der Waals surface area contributed by atoms with Gasteiger partial charge in [0.1, 0.15) is 18.9 Å². The number of hydrogen-bond acceptors (Lipinski definition) is 4. The first-order valence-electron chi connectivity index (χ1n) is 7.30. The molecule has 0 aliphatic heterocycles. The number of ether oxygens (including phenoxy) is 2. The first-order chi connectivity index (χ1) is 11.1. The van der Waals surface area contributed by atoms with Crippen molar-refractivity contribution in [3.05, 3.63) is 65.7 Å². The van der Waals surface area contributed by atoms with Crippen LogP contribution in [0.5, 0.6) is 5.75 Å². The van der Waals surface area contributed by atoms with E-state index in [2.05, 4.69) is 5.32 Å². The van der Waals surface area contributed by atoms with Crippen LogP contribution >= 0.6 is 0 Å². The zero-order valence-electron chi connectivity index (χ0n) is 13.0. The van der Waals surface area contributed by atoms with Crippen molar-refractivity contribution < 1.29 is 19.1 Å². The largest absolute Gasteiger partial charge is 0.484 e. The highest BCUT2D eigenvalue weighted by atomic mass is 16.5. The van der Waals surface area contributed by atoms with Crippen LogP contribution in [0.1, 0.15) is 11.1 Å². The molecular weight excluding hydrogens is 294 g/mol. The van der Waals surface area contributed by atoms with Crippen molar-refractivity contribution in [1.29, 1.82) is 0 Å². The van der Waals surface area contributed by atoms with Crippen molar-refractivity contribution in [2.24, 2.45) is 0 Å². The smallest absolute Gasteiger partial charge is 0.325 e. The van der Waals surface area contributed by atoms with E-state index in [0.29, 0.717) is 5.75 Å². The Bertz CT molecular complexity index is 655. The second kappa shape index (κ2) is 8.58. The van der Waals surface area contributed by atoms with E-state index < -0.39 is 5.97 Å². The lowest BCUT2D eigenvalue weighted by Crippen LogP contribution is -2.34. The molecule has 5 heteroatoms. The van der Waals surface area contributed by atoms with Gasteiger partial charge in [-0.05, 0) is 30.2 Å². The molecule has 0 radical (unpaired) electrons. The summed E-state index contributed by atoms with van der Waals surface area (Å²) >= 11 is 0. The molecule has 0 spiro atoms. The minimum Gasteiger partial charge on any atom is -0.484 e. The van der Waals surface area contributed by atoms with Crippen LogP contribution in [-0.4, -0.2) is 25.0 Å². The van der Waals surface area contributed by atoms with E-state index >= 15 is 0 Å². The molecule has 0 aliphatic carbocycles. The molecule has 2 rings (SSSR count). The van der Waals surface area contributed by atoms with Gasteiger partial charge in [-0.1, -0.05) is 42.5 Å². The number of aryl methyl sites for hydroxylation is 1. The Morgan fingerprint density at radius 1 is 1.00 bits per heavy atom. The molecule has 0 fully saturated rings. The average molecular weight is 313 g/mol. The number of nitrogens with one attached hydrogen (secondary N) is 1. The Labute approximate surface area is 135 Å². The molecule has 0 bridgehead atoms. The molecule has 5 nitrogen and oxygen atoms in total. The Morgan fingerprint density at radius 3 is 2.43 bits per heavy atom. The molecule has 120 valence electrons. The summed E-state index contributed by atoms with van der Waals surface area (Å²) in [5.41, 5.74) is 2.00. The Morgan fingerprint density at radius 2 is 1.70 bits per heavy atom. The number of amides is 1. The fourth-order valence-electron chi connectivity index (χ4n) is 1.87. The van der Waals surface area contributed by atoms with Crippen molar-refractivity contribution in [1.82, 2.24) is 5.32 Å². The van der Waals surface area contributed by atoms with Crippen molar-refractivity contribution >= 4 is 11.9 Å². The molecule has 0 unspecified atom stereocenters. The van der Waals surface area contributed by atoms with E-state index in [1.807, 2.05) is 49.4 Å². The minimum atomic E-state index is -0.485. The summed E-state index contributed by atoms with van der Waals surface area (Å²) in [6.45, 7) is 1.83. The van der Waals surface area contributed by atoms with E-state index in [1.165, 1.54) is 0 Å². The van der Waals surface area contributed by atoms with Gasteiger partial charge in [-0.3, -0.25) is 9.59 Å². The van der Waals surface area contributed by atoms with Crippen LogP contribution in [0.25, 0.3) is 0 Å². The molecule has 0 heterocycles. The quantitative estimate of drug-likeness (QED) is 0.796. The molecule has 1 N–H and O–H groups in total. The van der Waals surface area contributed by atoms with Crippen LogP contribution in [0.3, 0.4) is 0 Å². The number of para-hydroxylation sites is 1. The highest BCUT2D eigenvalue weighted by molar-refractivity contribution is 5.82. The molecule has 0 aliphatic rings. The fraction of sp³-hybridized carbons (Fsp3) is 0.222. The lowest BCUT2D eigenvalue weighted by molar-refractivity contribution is -0.145. The second-order valence-electron chi connectivity index (χ2n) is 4.97. The summed E-state index contributed by atoms with van der Waals surface area (Å²) in [7, 11) is 0. The van der Waals surface area contributed by atoms with E-state index in [4.69, 9.17) is 9.47 Å². The van der Waals surface area contributed by atoms with E-state index in [9.17, 15) is 9.59 Å². The SMILES string of the molecule is Cc1ccccc1COC(=O)CNC(=O)COc1ccccc1. The van der Waals surface area contributed by atoms with Crippen LogP contribution in [0.4, 0.5) is 0 Å². The summed E-state index contributed by atoms with van der Waals surface area (Å²) < 4.78 is 10.4. The highest BCUT2D eigenvalue weighted by Gasteiger charge is 2.08. The van der Waals surface area contributed by atoms with E-state index in [-0.39, 0.29) is 25.7 Å². The number of benzene rings is 2. The number of carbonyl (C=O) groups is 2. The van der Waals surface area contributed by atoms with Crippen molar-refractivity contribution in [3.63, 3.8) is 0 Å². The van der Waals surface area contributed by atoms with Crippen molar-refractivity contribution in [3.8, 4) is 5.75 Å². The Hall–Kier alpha value is -2.82. The predicted molar refractivity (Wildman–Crippen MR) is 85.9 cm³/mol. The van der Waals surface area contributed by atoms with Crippen molar-refractivity contribution in [2.45, 2.75) is 13.5 Å². The fourth-order valence-corrected chi connectivity index (χ4v) is 1.87. The van der Waals surface area contributed by atoms with E-state index in [1.54, 1.807) is 12.1 Å². The second-order valence-corrected chi connectivity index (χ2v) is 4.97. The first-order valence-corrected chi connectivity index (χ1v) is 7.30. The van der Waals surface area contributed by atoms with E-state index in [0.717, 1.165) is 11.1 Å². The predicted octanol–water partition coefficient (Wildman–Crippen LogP) is 2.23. The summed E-state index contributed by atoms with van der Waals surface area (Å²) in [6, 6.07) is 16.7. The first kappa shape index (κ1) is 16.5. The standard InChI is InChI=1S/C18H19NO4/c1-14-7-5-6-8-15(14)12-23-18(21)11-19-17(20)13-22-16-9-3-2-4-10-16/h2-10H,11-13H2,1H3,(H,19,20). The zero-order chi connectivity index (χ0) is 16.5. The molecule has 0 atom stereocenters. The minimum absolute atomic E-state index is 0.144. The van der Waals surface area contributed by atoms with Crippen molar-refractivity contribution in [2.75, 3.05) is 13.2 Å². The summed E-state index contributed by atoms with van der Waals surface area (Å²) in [6.07, 6.45) is 0. The molecule has 2 aromatic carbocycles. The summed E-state index contributed by atoms with van der Waals surface area (Å²) in [4.78, 5) is 23.2. The van der Waals surface area contributed by atoms with Gasteiger partial charge in [0, 0.05) is 0 Å². The van der Waals surface area contributed by atoms with Crippen LogP contribution in [0, 0.1) is 6.92 Å². The van der Waals surface area contributed by atoms with Gasteiger partial charge < -0.3 is 14.8 Å². The lowest BCUT2D eigenvalue weighted by Gasteiger charge is -2.09. The van der Waals surface area contributed by atoms with Crippen LogP contribution in [0.15, 0.2) is 54.6 Å². The molecule has 1 amide bonds. The third-order valence-electron chi connectivity index (χ3n) is 3.19. The number of rotatable bonds is 7. The monoisotopic (exact) mass is 313 g/mol. The lowest BCUT2D eigenvalue weighted by atomic mass is 10.1. The Balaban J connectivity index is 1.66. The maximum atomic E-state index is 11.6. The highest BCUT2D eigenvalue weighted by Crippen LogP contribution is 2.08. The third kappa shape index (κ3) is 5.82.